The maximum Gasteiger partial charge on any atom is 0.289 e. The molecule has 1 heterocycles. The van der Waals surface area contributed by atoms with Crippen molar-refractivity contribution >= 4 is 15.9 Å². The summed E-state index contributed by atoms with van der Waals surface area (Å²) in [6.07, 6.45) is 0. The Kier molecular flexibility index (Phi) is 5.19. The normalized spacial score (nSPS) is 12.7. The first-order chi connectivity index (χ1) is 9.49. The maximum atomic E-state index is 12.3. The van der Waals surface area contributed by atoms with Crippen LogP contribution >= 0.6 is 0 Å². The van der Waals surface area contributed by atoms with Gasteiger partial charge in [-0.2, -0.15) is 0 Å². The van der Waals surface area contributed by atoms with Gasteiger partial charge in [-0.1, -0.05) is 0 Å². The van der Waals surface area contributed by atoms with Crippen molar-refractivity contribution in [2.75, 3.05) is 27.2 Å². The highest BCUT2D eigenvalue weighted by Crippen LogP contribution is 2.19. The van der Waals surface area contributed by atoms with E-state index in [1.807, 2.05) is 0 Å². The minimum absolute atomic E-state index is 0.0680. The predicted molar refractivity (Wildman–Crippen MR) is 77.5 cm³/mol. The summed E-state index contributed by atoms with van der Waals surface area (Å²) in [5.41, 5.74) is -1.04. The molecule has 0 radical (unpaired) electrons. The van der Waals surface area contributed by atoms with Crippen LogP contribution in [0.15, 0.2) is 21.6 Å². The third kappa shape index (κ3) is 4.29. The Hall–Kier alpha value is -1.38. The highest BCUT2D eigenvalue weighted by Gasteiger charge is 2.27. The van der Waals surface area contributed by atoms with Crippen LogP contribution in [0.25, 0.3) is 0 Å². The number of sulfonamides is 1. The Morgan fingerprint density at radius 1 is 1.33 bits per heavy atom. The molecular weight excluding hydrogens is 296 g/mol. The summed E-state index contributed by atoms with van der Waals surface area (Å²) >= 11 is 0. The number of rotatable bonds is 6. The average Bonchev–Trinajstić information content (AvgIpc) is 2.83. The highest BCUT2D eigenvalue weighted by molar-refractivity contribution is 7.88. The zero-order valence-electron chi connectivity index (χ0n) is 13.0. The summed E-state index contributed by atoms with van der Waals surface area (Å²) in [6, 6.07) is 2.58. The van der Waals surface area contributed by atoms with Crippen molar-refractivity contribution in [2.45, 2.75) is 31.5 Å². The van der Waals surface area contributed by atoms with E-state index in [0.29, 0.717) is 6.54 Å². The van der Waals surface area contributed by atoms with Gasteiger partial charge in [-0.25, -0.2) is 12.7 Å². The van der Waals surface area contributed by atoms with Crippen molar-refractivity contribution in [2.24, 2.45) is 0 Å². The molecule has 7 nitrogen and oxygen atoms in total. The zero-order chi connectivity index (χ0) is 16.4. The molecule has 0 aliphatic rings. The van der Waals surface area contributed by atoms with Gasteiger partial charge >= 0.3 is 0 Å². The van der Waals surface area contributed by atoms with E-state index in [4.69, 9.17) is 4.42 Å². The fourth-order valence-electron chi connectivity index (χ4n) is 1.70. The van der Waals surface area contributed by atoms with Crippen LogP contribution in [0.2, 0.25) is 0 Å². The molecule has 0 fully saturated rings. The first-order valence-corrected chi connectivity index (χ1v) is 7.97. The Morgan fingerprint density at radius 3 is 2.33 bits per heavy atom. The molecule has 8 heteroatoms. The van der Waals surface area contributed by atoms with Crippen molar-refractivity contribution in [3.63, 3.8) is 0 Å². The fourth-order valence-corrected chi connectivity index (χ4v) is 2.50. The van der Waals surface area contributed by atoms with Gasteiger partial charge in [0.1, 0.15) is 0 Å². The summed E-state index contributed by atoms with van der Waals surface area (Å²) in [5, 5.41) is 9.51. The molecule has 1 N–H and O–H groups in total. The monoisotopic (exact) mass is 318 g/mol. The van der Waals surface area contributed by atoms with E-state index in [-0.39, 0.29) is 17.4 Å². The van der Waals surface area contributed by atoms with Gasteiger partial charge < -0.3 is 14.4 Å². The number of aliphatic hydroxyl groups is 1. The smallest absolute Gasteiger partial charge is 0.289 e. The Bertz CT molecular complexity index is 598. The van der Waals surface area contributed by atoms with Gasteiger partial charge in [0.05, 0.1) is 5.60 Å². The van der Waals surface area contributed by atoms with E-state index in [2.05, 4.69) is 0 Å². The van der Waals surface area contributed by atoms with Crippen LogP contribution in [0.1, 0.15) is 31.3 Å². The molecule has 0 atom stereocenters. The molecular formula is C13H22N2O5S. The van der Waals surface area contributed by atoms with Crippen LogP contribution in [0.5, 0.6) is 0 Å². The number of furan rings is 1. The van der Waals surface area contributed by atoms with Gasteiger partial charge in [-0.15, -0.1) is 0 Å². The minimum atomic E-state index is -3.71. The molecule has 0 spiro atoms. The maximum absolute atomic E-state index is 12.3. The van der Waals surface area contributed by atoms with Gasteiger partial charge in [0.15, 0.2) is 5.76 Å². The molecule has 1 aromatic rings. The molecule has 0 unspecified atom stereocenters. The number of carbonyl (C=O) groups excluding carboxylic acids is 1. The molecule has 0 aliphatic heterocycles. The molecule has 0 saturated heterocycles. The van der Waals surface area contributed by atoms with Crippen molar-refractivity contribution < 1.29 is 22.7 Å². The van der Waals surface area contributed by atoms with Crippen LogP contribution < -0.4 is 0 Å². The van der Waals surface area contributed by atoms with E-state index in [1.165, 1.54) is 31.1 Å². The minimum Gasteiger partial charge on any atom is -0.438 e. The lowest BCUT2D eigenvalue weighted by molar-refractivity contribution is 0.0295. The van der Waals surface area contributed by atoms with E-state index in [9.17, 15) is 18.3 Å². The lowest BCUT2D eigenvalue weighted by Gasteiger charge is -2.27. The topological polar surface area (TPSA) is 91.1 Å². The molecule has 1 rings (SSSR count). The second-order valence-electron chi connectivity index (χ2n) is 5.54. The summed E-state index contributed by atoms with van der Waals surface area (Å²) < 4.78 is 30.0. The fraction of sp³-hybridized carbons (Fsp3) is 0.615. The standard InChI is InChI=1S/C13H22N2O5S/c1-6-15(9-13(2,3)17)12(16)10-7-8-11(20-10)21(18,19)14(4)5/h7-8,17H,6,9H2,1-5H3. The molecule has 21 heavy (non-hydrogen) atoms. The van der Waals surface area contributed by atoms with Crippen molar-refractivity contribution in [3.8, 4) is 0 Å². The van der Waals surface area contributed by atoms with E-state index in [0.717, 1.165) is 4.31 Å². The lowest BCUT2D eigenvalue weighted by atomic mass is 10.1. The lowest BCUT2D eigenvalue weighted by Crippen LogP contribution is -2.42. The van der Waals surface area contributed by atoms with Crippen molar-refractivity contribution in [3.05, 3.63) is 17.9 Å². The third-order valence-corrected chi connectivity index (χ3v) is 4.46. The van der Waals surface area contributed by atoms with E-state index >= 15 is 0 Å². The first kappa shape index (κ1) is 17.7. The number of carbonyl (C=O) groups is 1. The molecule has 0 aromatic carbocycles. The van der Waals surface area contributed by atoms with Crippen molar-refractivity contribution in [1.82, 2.24) is 9.21 Å². The number of amides is 1. The summed E-state index contributed by atoms with van der Waals surface area (Å²) in [6.45, 7) is 5.45. The van der Waals surface area contributed by atoms with Crippen LogP contribution in [0.3, 0.4) is 0 Å². The second kappa shape index (κ2) is 6.17. The Morgan fingerprint density at radius 2 is 1.90 bits per heavy atom. The number of nitrogens with zero attached hydrogens (tertiary/aromatic N) is 2. The molecule has 0 aliphatic carbocycles. The molecule has 0 saturated carbocycles. The van der Waals surface area contributed by atoms with Gasteiger partial charge in [-0.05, 0) is 32.9 Å². The van der Waals surface area contributed by atoms with E-state index in [1.54, 1.807) is 20.8 Å². The SMILES string of the molecule is CCN(CC(C)(C)O)C(=O)c1ccc(S(=O)(=O)N(C)C)o1. The number of hydrogen-bond acceptors (Lipinski definition) is 5. The summed E-state index contributed by atoms with van der Waals surface area (Å²) in [4.78, 5) is 13.7. The molecule has 0 bridgehead atoms. The average molecular weight is 318 g/mol. The third-order valence-electron chi connectivity index (χ3n) is 2.77. The zero-order valence-corrected chi connectivity index (χ0v) is 13.8. The van der Waals surface area contributed by atoms with Crippen LogP contribution in [-0.2, 0) is 10.0 Å². The summed E-state index contributed by atoms with van der Waals surface area (Å²) in [7, 11) is -0.949. The number of likely N-dealkylation sites (N-methyl/N-ethyl adjacent to an activating group) is 1. The van der Waals surface area contributed by atoms with Gasteiger partial charge in [0.2, 0.25) is 5.09 Å². The van der Waals surface area contributed by atoms with Crippen LogP contribution in [-0.4, -0.2) is 61.4 Å². The molecule has 1 aromatic heterocycles. The Labute approximate surface area is 125 Å². The largest absolute Gasteiger partial charge is 0.438 e. The van der Waals surface area contributed by atoms with Gasteiger partial charge in [0, 0.05) is 27.2 Å². The predicted octanol–water partition coefficient (Wildman–Crippen LogP) is 0.763. The quantitative estimate of drug-likeness (QED) is 0.836. The van der Waals surface area contributed by atoms with Gasteiger partial charge in [-0.3, -0.25) is 4.79 Å². The highest BCUT2D eigenvalue weighted by atomic mass is 32.2. The molecule has 120 valence electrons. The first-order valence-electron chi connectivity index (χ1n) is 6.53. The second-order valence-corrected chi connectivity index (χ2v) is 7.62. The van der Waals surface area contributed by atoms with Gasteiger partial charge in [0.25, 0.3) is 15.9 Å². The van der Waals surface area contributed by atoms with E-state index < -0.39 is 21.5 Å². The summed E-state index contributed by atoms with van der Waals surface area (Å²) in [5.74, 6) is -0.527. The molecule has 1 amide bonds. The number of hydrogen-bond donors (Lipinski definition) is 1. The van der Waals surface area contributed by atoms with Crippen molar-refractivity contribution in [1.29, 1.82) is 0 Å². The van der Waals surface area contributed by atoms with Crippen LogP contribution in [0.4, 0.5) is 0 Å². The Balaban J connectivity index is 3.02. The van der Waals surface area contributed by atoms with Crippen LogP contribution in [0, 0.1) is 0 Å².